The van der Waals surface area contributed by atoms with Gasteiger partial charge < -0.3 is 15.4 Å². The van der Waals surface area contributed by atoms with Crippen LogP contribution in [0.15, 0.2) is 60.7 Å². The minimum absolute atomic E-state index is 0.104. The number of hydrogen-bond acceptors (Lipinski definition) is 4. The largest absolute Gasteiger partial charge is 0.444 e. The van der Waals surface area contributed by atoms with E-state index >= 15 is 0 Å². The molecule has 6 heteroatoms. The lowest BCUT2D eigenvalue weighted by atomic mass is 9.74. The maximum atomic E-state index is 13.5. The van der Waals surface area contributed by atoms with Gasteiger partial charge in [0.05, 0.1) is 0 Å². The lowest BCUT2D eigenvalue weighted by Gasteiger charge is -2.48. The van der Waals surface area contributed by atoms with E-state index in [0.29, 0.717) is 6.42 Å². The average Bonchev–Trinajstić information content (AvgIpc) is 3.20. The molecule has 0 radical (unpaired) electrons. The van der Waals surface area contributed by atoms with Gasteiger partial charge >= 0.3 is 6.09 Å². The van der Waals surface area contributed by atoms with Crippen LogP contribution in [0.3, 0.4) is 0 Å². The van der Waals surface area contributed by atoms with Crippen molar-refractivity contribution in [3.8, 4) is 0 Å². The van der Waals surface area contributed by atoms with E-state index in [-0.39, 0.29) is 17.5 Å². The Morgan fingerprint density at radius 1 is 0.897 bits per heavy atom. The number of ether oxygens (including phenoxy) is 1. The maximum absolute atomic E-state index is 13.5. The Morgan fingerprint density at radius 2 is 1.46 bits per heavy atom. The van der Waals surface area contributed by atoms with Crippen molar-refractivity contribution in [2.45, 2.75) is 108 Å². The second kappa shape index (κ2) is 13.5. The predicted molar refractivity (Wildman–Crippen MR) is 157 cm³/mol. The molecule has 2 N–H and O–H groups in total. The number of alkyl carbamates (subject to hydrolysis) is 1. The fraction of sp³-hybridized carbons (Fsp3) is 0.576. The van der Waals surface area contributed by atoms with Gasteiger partial charge in [0.15, 0.2) is 0 Å². The third-order valence-corrected chi connectivity index (χ3v) is 8.21. The molecule has 2 aromatic carbocycles. The highest BCUT2D eigenvalue weighted by Crippen LogP contribution is 2.38. The molecule has 0 spiro atoms. The first kappa shape index (κ1) is 29.1. The van der Waals surface area contributed by atoms with Crippen molar-refractivity contribution < 1.29 is 14.3 Å². The highest BCUT2D eigenvalue weighted by Gasteiger charge is 2.41. The summed E-state index contributed by atoms with van der Waals surface area (Å²) in [4.78, 5) is 28.9. The van der Waals surface area contributed by atoms with E-state index in [1.54, 1.807) is 0 Å². The van der Waals surface area contributed by atoms with Gasteiger partial charge in [-0.25, -0.2) is 4.79 Å². The van der Waals surface area contributed by atoms with Crippen molar-refractivity contribution in [1.82, 2.24) is 15.5 Å². The molecule has 39 heavy (non-hydrogen) atoms. The van der Waals surface area contributed by atoms with Gasteiger partial charge in [-0.2, -0.15) is 0 Å². The summed E-state index contributed by atoms with van der Waals surface area (Å²) in [5.41, 5.74) is 1.91. The molecule has 1 aliphatic carbocycles. The van der Waals surface area contributed by atoms with Crippen LogP contribution in [0, 0.1) is 0 Å². The van der Waals surface area contributed by atoms with Gasteiger partial charge in [0.1, 0.15) is 11.6 Å². The minimum atomic E-state index is -0.691. The van der Waals surface area contributed by atoms with Gasteiger partial charge in [-0.15, -0.1) is 0 Å². The van der Waals surface area contributed by atoms with Gasteiger partial charge in [-0.1, -0.05) is 73.5 Å². The average molecular weight is 534 g/mol. The van der Waals surface area contributed by atoms with Gasteiger partial charge in [-0.05, 0) is 89.9 Å². The van der Waals surface area contributed by atoms with Crippen molar-refractivity contribution in [3.63, 3.8) is 0 Å². The number of rotatable bonds is 8. The standard InChI is InChI=1S/C33H47N3O3/c1-32(2,3)39-31(38)35-29(24-26-14-8-6-9-15-26)30(37)34-28-18-20-33(21-19-28,25-27-16-10-7-11-17-27)36-22-12-4-5-13-23-36/h6-11,14-17,28-29H,4-5,12-13,18-25H2,1-3H3,(H,34,37)(H,35,38). The summed E-state index contributed by atoms with van der Waals surface area (Å²) in [5.74, 6) is -0.139. The molecule has 1 saturated carbocycles. The topological polar surface area (TPSA) is 70.7 Å². The van der Waals surface area contributed by atoms with Crippen molar-refractivity contribution in [3.05, 3.63) is 71.8 Å². The van der Waals surface area contributed by atoms with Crippen LogP contribution in [-0.2, 0) is 22.4 Å². The summed E-state index contributed by atoms with van der Waals surface area (Å²) >= 11 is 0. The first-order chi connectivity index (χ1) is 18.7. The molecule has 0 bridgehead atoms. The van der Waals surface area contributed by atoms with E-state index in [2.05, 4.69) is 45.9 Å². The molecule has 4 rings (SSSR count). The lowest BCUT2D eigenvalue weighted by molar-refractivity contribution is -0.124. The molecular formula is C33H47N3O3. The summed E-state index contributed by atoms with van der Waals surface area (Å²) in [6.45, 7) is 7.82. The van der Waals surface area contributed by atoms with E-state index in [1.807, 2.05) is 51.1 Å². The molecule has 0 aromatic heterocycles. The molecule has 2 amide bonds. The lowest BCUT2D eigenvalue weighted by Crippen LogP contribution is -2.57. The van der Waals surface area contributed by atoms with Crippen LogP contribution >= 0.6 is 0 Å². The smallest absolute Gasteiger partial charge is 0.408 e. The van der Waals surface area contributed by atoms with E-state index in [1.165, 1.54) is 44.3 Å². The SMILES string of the molecule is CC(C)(C)OC(=O)NC(Cc1ccccc1)C(=O)NC1CCC(Cc2ccccc2)(N2CCCCCC2)CC1. The number of hydrogen-bond donors (Lipinski definition) is 2. The fourth-order valence-corrected chi connectivity index (χ4v) is 6.24. The second-order valence-electron chi connectivity index (χ2n) is 12.5. The summed E-state index contributed by atoms with van der Waals surface area (Å²) in [6.07, 6.45) is 10.1. The highest BCUT2D eigenvalue weighted by atomic mass is 16.6. The van der Waals surface area contributed by atoms with Crippen LogP contribution in [-0.4, -0.2) is 53.2 Å². The van der Waals surface area contributed by atoms with Crippen LogP contribution in [0.2, 0.25) is 0 Å². The molecule has 1 unspecified atom stereocenters. The van der Waals surface area contributed by atoms with Crippen molar-refractivity contribution in [1.29, 1.82) is 0 Å². The van der Waals surface area contributed by atoms with E-state index in [4.69, 9.17) is 4.74 Å². The Kier molecular flexibility index (Phi) is 10.1. The zero-order chi connectivity index (χ0) is 27.7. The zero-order valence-electron chi connectivity index (χ0n) is 24.1. The van der Waals surface area contributed by atoms with Crippen LogP contribution in [0.1, 0.15) is 83.3 Å². The second-order valence-corrected chi connectivity index (χ2v) is 12.5. The molecule has 6 nitrogen and oxygen atoms in total. The first-order valence-corrected chi connectivity index (χ1v) is 14.9. The quantitative estimate of drug-likeness (QED) is 0.434. The van der Waals surface area contributed by atoms with Crippen LogP contribution in [0.5, 0.6) is 0 Å². The zero-order valence-corrected chi connectivity index (χ0v) is 24.1. The highest BCUT2D eigenvalue weighted by molar-refractivity contribution is 5.86. The molecule has 1 aliphatic heterocycles. The molecule has 2 aromatic rings. The monoisotopic (exact) mass is 533 g/mol. The van der Waals surface area contributed by atoms with Gasteiger partial charge in [-0.3, -0.25) is 9.69 Å². The third-order valence-electron chi connectivity index (χ3n) is 8.21. The van der Waals surface area contributed by atoms with Crippen LogP contribution in [0.4, 0.5) is 4.79 Å². The van der Waals surface area contributed by atoms with E-state index < -0.39 is 17.7 Å². The maximum Gasteiger partial charge on any atom is 0.408 e. The predicted octanol–water partition coefficient (Wildman–Crippen LogP) is 6.04. The first-order valence-electron chi connectivity index (χ1n) is 14.9. The number of nitrogens with one attached hydrogen (secondary N) is 2. The Morgan fingerprint density at radius 3 is 2.03 bits per heavy atom. The fourth-order valence-electron chi connectivity index (χ4n) is 6.24. The van der Waals surface area contributed by atoms with Gasteiger partial charge in [0.25, 0.3) is 0 Å². The Bertz CT molecular complexity index is 1030. The molecule has 1 atom stereocenters. The number of likely N-dealkylation sites (tertiary alicyclic amines) is 1. The summed E-state index contributed by atoms with van der Waals surface area (Å²) in [6, 6.07) is 20.1. The molecule has 212 valence electrons. The van der Waals surface area contributed by atoms with Gasteiger partial charge in [0, 0.05) is 18.0 Å². The van der Waals surface area contributed by atoms with Crippen LogP contribution < -0.4 is 10.6 Å². The molecule has 1 heterocycles. The Labute approximate surface area is 234 Å². The minimum Gasteiger partial charge on any atom is -0.444 e. The summed E-state index contributed by atoms with van der Waals surface area (Å²) < 4.78 is 5.47. The number of carbonyl (C=O) groups excluding carboxylic acids is 2. The van der Waals surface area contributed by atoms with Crippen molar-refractivity contribution in [2.75, 3.05) is 13.1 Å². The number of carbonyl (C=O) groups is 2. The number of amides is 2. The number of nitrogens with zero attached hydrogens (tertiary/aromatic N) is 1. The summed E-state index contributed by atoms with van der Waals surface area (Å²) in [5, 5.41) is 6.13. The van der Waals surface area contributed by atoms with Crippen molar-refractivity contribution >= 4 is 12.0 Å². The normalized spacial score (nSPS) is 23.3. The third kappa shape index (κ3) is 8.82. The molecular weight excluding hydrogens is 486 g/mol. The molecule has 2 aliphatic rings. The Hall–Kier alpha value is -2.86. The van der Waals surface area contributed by atoms with E-state index in [9.17, 15) is 9.59 Å². The number of benzene rings is 2. The molecule has 1 saturated heterocycles. The van der Waals surface area contributed by atoms with Gasteiger partial charge in [0.2, 0.25) is 5.91 Å². The molecule has 2 fully saturated rings. The van der Waals surface area contributed by atoms with Crippen LogP contribution in [0.25, 0.3) is 0 Å². The Balaban J connectivity index is 1.43. The van der Waals surface area contributed by atoms with E-state index in [0.717, 1.165) is 37.7 Å². The van der Waals surface area contributed by atoms with Crippen molar-refractivity contribution in [2.24, 2.45) is 0 Å². The summed E-state index contributed by atoms with van der Waals surface area (Å²) in [7, 11) is 0.